The van der Waals surface area contributed by atoms with Crippen molar-refractivity contribution in [1.82, 2.24) is 14.8 Å². The first-order valence-corrected chi connectivity index (χ1v) is 4.80. The molecule has 80 valence electrons. The smallest absolute Gasteiger partial charge is 0.157 e. The first kappa shape index (κ1) is 11.1. The highest BCUT2D eigenvalue weighted by molar-refractivity contribution is 4.94. The van der Waals surface area contributed by atoms with E-state index in [2.05, 4.69) is 23.9 Å². The van der Waals surface area contributed by atoms with E-state index in [0.717, 1.165) is 6.42 Å². The maximum atomic E-state index is 9.86. The molecule has 0 aliphatic rings. The predicted molar refractivity (Wildman–Crippen MR) is 53.4 cm³/mol. The molecule has 1 heterocycles. The molecule has 0 saturated heterocycles. The third kappa shape index (κ3) is 2.52. The Labute approximate surface area is 83.9 Å². The van der Waals surface area contributed by atoms with Gasteiger partial charge >= 0.3 is 0 Å². The molecule has 0 unspecified atom stereocenters. The second-order valence-electron chi connectivity index (χ2n) is 3.98. The van der Waals surface area contributed by atoms with Gasteiger partial charge in [-0.25, -0.2) is 4.98 Å². The molecule has 2 atom stereocenters. The Morgan fingerprint density at radius 1 is 1.57 bits per heavy atom. The lowest BCUT2D eigenvalue weighted by Crippen LogP contribution is -2.31. The predicted octanol–water partition coefficient (Wildman–Crippen LogP) is 0.222. The Bertz CT molecular complexity index is 284. The van der Waals surface area contributed by atoms with Crippen LogP contribution in [0, 0.1) is 5.92 Å². The molecule has 0 spiro atoms. The van der Waals surface area contributed by atoms with Crippen LogP contribution in [-0.2, 0) is 7.05 Å². The van der Waals surface area contributed by atoms with Gasteiger partial charge in [0, 0.05) is 13.1 Å². The number of hydrogen-bond acceptors (Lipinski definition) is 4. The number of hydrogen-bond donors (Lipinski definition) is 2. The Morgan fingerprint density at radius 2 is 2.21 bits per heavy atom. The average Bonchev–Trinajstić information content (AvgIpc) is 2.48. The molecule has 0 radical (unpaired) electrons. The van der Waals surface area contributed by atoms with Crippen molar-refractivity contribution in [3.8, 4) is 0 Å². The normalized spacial score (nSPS) is 15.9. The molecule has 0 fully saturated rings. The van der Waals surface area contributed by atoms with Gasteiger partial charge in [-0.05, 0) is 12.3 Å². The SMILES string of the molecule is CC(C)C[C@H](N)[C@@H](O)c1ncnn1C. The van der Waals surface area contributed by atoms with Crippen molar-refractivity contribution in [3.05, 3.63) is 12.2 Å². The molecule has 1 aromatic rings. The fraction of sp³-hybridized carbons (Fsp3) is 0.778. The van der Waals surface area contributed by atoms with Crippen molar-refractivity contribution >= 4 is 0 Å². The summed E-state index contributed by atoms with van der Waals surface area (Å²) in [4.78, 5) is 3.97. The summed E-state index contributed by atoms with van der Waals surface area (Å²) in [5.74, 6) is 0.992. The van der Waals surface area contributed by atoms with Gasteiger partial charge in [0.2, 0.25) is 0 Å². The van der Waals surface area contributed by atoms with Crippen molar-refractivity contribution in [2.24, 2.45) is 18.7 Å². The van der Waals surface area contributed by atoms with Crippen molar-refractivity contribution in [3.63, 3.8) is 0 Å². The van der Waals surface area contributed by atoms with Gasteiger partial charge in [0.15, 0.2) is 5.82 Å². The van der Waals surface area contributed by atoms with E-state index in [0.29, 0.717) is 11.7 Å². The van der Waals surface area contributed by atoms with Crippen LogP contribution in [0.1, 0.15) is 32.2 Å². The van der Waals surface area contributed by atoms with Crippen molar-refractivity contribution in [1.29, 1.82) is 0 Å². The molecule has 14 heavy (non-hydrogen) atoms. The maximum Gasteiger partial charge on any atom is 0.157 e. The van der Waals surface area contributed by atoms with E-state index >= 15 is 0 Å². The zero-order chi connectivity index (χ0) is 10.7. The van der Waals surface area contributed by atoms with E-state index in [1.54, 1.807) is 11.7 Å². The van der Waals surface area contributed by atoms with Crippen LogP contribution in [-0.4, -0.2) is 25.9 Å². The molecule has 0 aromatic carbocycles. The minimum Gasteiger partial charge on any atom is -0.383 e. The fourth-order valence-corrected chi connectivity index (χ4v) is 1.44. The number of nitrogens with two attached hydrogens (primary N) is 1. The van der Waals surface area contributed by atoms with Gasteiger partial charge in [-0.1, -0.05) is 13.8 Å². The molecular weight excluding hydrogens is 180 g/mol. The molecule has 0 aliphatic heterocycles. The number of aliphatic hydroxyl groups excluding tert-OH is 1. The highest BCUT2D eigenvalue weighted by atomic mass is 16.3. The van der Waals surface area contributed by atoms with Crippen molar-refractivity contribution < 1.29 is 5.11 Å². The highest BCUT2D eigenvalue weighted by Crippen LogP contribution is 2.17. The lowest BCUT2D eigenvalue weighted by atomic mass is 10.00. The molecule has 3 N–H and O–H groups in total. The van der Waals surface area contributed by atoms with Gasteiger partial charge in [0.1, 0.15) is 12.4 Å². The lowest BCUT2D eigenvalue weighted by Gasteiger charge is -2.19. The lowest BCUT2D eigenvalue weighted by molar-refractivity contribution is 0.123. The van der Waals surface area contributed by atoms with E-state index < -0.39 is 6.10 Å². The Kier molecular flexibility index (Phi) is 3.60. The molecule has 0 saturated carbocycles. The standard InChI is InChI=1S/C9H18N4O/c1-6(2)4-7(10)8(14)9-11-5-12-13(9)3/h5-8,14H,4,10H2,1-3H3/t7-,8+/m0/s1. The number of aromatic nitrogens is 3. The van der Waals surface area contributed by atoms with E-state index in [9.17, 15) is 5.11 Å². The molecule has 0 amide bonds. The first-order valence-electron chi connectivity index (χ1n) is 4.80. The zero-order valence-corrected chi connectivity index (χ0v) is 8.88. The minimum atomic E-state index is -0.732. The highest BCUT2D eigenvalue weighted by Gasteiger charge is 2.21. The summed E-state index contributed by atoms with van der Waals surface area (Å²) in [7, 11) is 1.74. The van der Waals surface area contributed by atoms with Crippen LogP contribution in [0.5, 0.6) is 0 Å². The number of aliphatic hydroxyl groups is 1. The second-order valence-corrected chi connectivity index (χ2v) is 3.98. The van der Waals surface area contributed by atoms with Crippen LogP contribution in [0.15, 0.2) is 6.33 Å². The average molecular weight is 198 g/mol. The van der Waals surface area contributed by atoms with E-state index in [1.807, 2.05) is 0 Å². The summed E-state index contributed by atoms with van der Waals surface area (Å²) in [5.41, 5.74) is 5.85. The second kappa shape index (κ2) is 4.52. The zero-order valence-electron chi connectivity index (χ0n) is 8.88. The van der Waals surface area contributed by atoms with E-state index in [4.69, 9.17) is 5.73 Å². The van der Waals surface area contributed by atoms with Crippen LogP contribution in [0.4, 0.5) is 0 Å². The molecule has 1 rings (SSSR count). The third-order valence-corrected chi connectivity index (χ3v) is 2.16. The molecule has 5 nitrogen and oxygen atoms in total. The molecule has 0 bridgehead atoms. The fourth-order valence-electron chi connectivity index (χ4n) is 1.44. The number of aryl methyl sites for hydroxylation is 1. The van der Waals surface area contributed by atoms with Crippen LogP contribution in [0.2, 0.25) is 0 Å². The maximum absolute atomic E-state index is 9.86. The van der Waals surface area contributed by atoms with Crippen LogP contribution >= 0.6 is 0 Å². The Hall–Kier alpha value is -0.940. The topological polar surface area (TPSA) is 77.0 Å². The summed E-state index contributed by atoms with van der Waals surface area (Å²) < 4.78 is 1.55. The summed E-state index contributed by atoms with van der Waals surface area (Å²) in [6.45, 7) is 4.15. The van der Waals surface area contributed by atoms with Crippen molar-refractivity contribution in [2.75, 3.05) is 0 Å². The minimum absolute atomic E-state index is 0.280. The quantitative estimate of drug-likeness (QED) is 0.725. The summed E-state index contributed by atoms with van der Waals surface area (Å²) >= 11 is 0. The van der Waals surface area contributed by atoms with Gasteiger partial charge in [-0.2, -0.15) is 5.10 Å². The molecule has 5 heteroatoms. The number of nitrogens with zero attached hydrogens (tertiary/aromatic N) is 3. The summed E-state index contributed by atoms with van der Waals surface area (Å²) in [6.07, 6.45) is 1.46. The molecule has 1 aromatic heterocycles. The monoisotopic (exact) mass is 198 g/mol. The van der Waals surface area contributed by atoms with Gasteiger partial charge in [0.05, 0.1) is 0 Å². The van der Waals surface area contributed by atoms with Crippen LogP contribution in [0.25, 0.3) is 0 Å². The number of rotatable bonds is 4. The molecule has 0 aliphatic carbocycles. The summed E-state index contributed by atoms with van der Waals surface area (Å²) in [6, 6.07) is -0.280. The van der Waals surface area contributed by atoms with Gasteiger partial charge < -0.3 is 10.8 Å². The van der Waals surface area contributed by atoms with E-state index in [-0.39, 0.29) is 6.04 Å². The molecular formula is C9H18N4O. The summed E-state index contributed by atoms with van der Waals surface area (Å²) in [5, 5.41) is 13.7. The van der Waals surface area contributed by atoms with Crippen molar-refractivity contribution in [2.45, 2.75) is 32.4 Å². The Morgan fingerprint density at radius 3 is 2.64 bits per heavy atom. The third-order valence-electron chi connectivity index (χ3n) is 2.16. The van der Waals surface area contributed by atoms with Crippen LogP contribution < -0.4 is 5.73 Å². The first-order chi connectivity index (χ1) is 6.52. The van der Waals surface area contributed by atoms with Gasteiger partial charge in [0.25, 0.3) is 0 Å². The van der Waals surface area contributed by atoms with Gasteiger partial charge in [-0.3, -0.25) is 4.68 Å². The van der Waals surface area contributed by atoms with Crippen LogP contribution in [0.3, 0.4) is 0 Å². The van der Waals surface area contributed by atoms with E-state index in [1.165, 1.54) is 6.33 Å². The largest absolute Gasteiger partial charge is 0.383 e. The Balaban J connectivity index is 2.65. The van der Waals surface area contributed by atoms with Gasteiger partial charge in [-0.15, -0.1) is 0 Å².